The van der Waals surface area contributed by atoms with Gasteiger partial charge in [-0.2, -0.15) is 0 Å². The van der Waals surface area contributed by atoms with Gasteiger partial charge in [-0.3, -0.25) is 0 Å². The molecule has 0 aliphatic carbocycles. The molecule has 0 saturated carbocycles. The first-order valence-corrected chi connectivity index (χ1v) is 5.44. The summed E-state index contributed by atoms with van der Waals surface area (Å²) in [7, 11) is 0. The van der Waals surface area contributed by atoms with E-state index >= 15 is 0 Å². The van der Waals surface area contributed by atoms with Crippen LogP contribution in [-0.2, 0) is 0 Å². The van der Waals surface area contributed by atoms with Crippen molar-refractivity contribution in [1.29, 1.82) is 0 Å². The topological polar surface area (TPSA) is 24.1 Å². The minimum Gasteiger partial charge on any atom is -0.313 e. The molecule has 2 atom stereocenters. The Morgan fingerprint density at radius 3 is 2.93 bits per heavy atom. The molecule has 14 heavy (non-hydrogen) atoms. The van der Waals surface area contributed by atoms with Crippen LogP contribution in [0.5, 0.6) is 0 Å². The van der Waals surface area contributed by atoms with E-state index in [0.717, 1.165) is 18.9 Å². The van der Waals surface area contributed by atoms with Gasteiger partial charge in [0, 0.05) is 12.6 Å². The first kappa shape index (κ1) is 11.9. The first-order chi connectivity index (χ1) is 6.72. The molecule has 2 N–H and O–H groups in total. The average molecular weight is 206 g/mol. The molecule has 2 unspecified atom stereocenters. The third kappa shape index (κ3) is 4.33. The number of piperidine rings is 1. The lowest BCUT2D eigenvalue weighted by atomic mass is 9.90. The summed E-state index contributed by atoms with van der Waals surface area (Å²) in [5.74, 6) is 0.773. The maximum atomic E-state index is 11.8. The Labute approximate surface area is 84.4 Å². The number of rotatable bonds is 5. The van der Waals surface area contributed by atoms with Crippen LogP contribution in [0.1, 0.15) is 26.2 Å². The second-order valence-electron chi connectivity index (χ2n) is 4.00. The Kier molecular flexibility index (Phi) is 5.33. The summed E-state index contributed by atoms with van der Waals surface area (Å²) in [4.78, 5) is 0. The highest BCUT2D eigenvalue weighted by molar-refractivity contribution is 4.79. The summed E-state index contributed by atoms with van der Waals surface area (Å²) in [6, 6.07) is 0.382. The molecule has 1 rings (SSSR count). The van der Waals surface area contributed by atoms with Gasteiger partial charge in [0.25, 0.3) is 6.43 Å². The zero-order valence-electron chi connectivity index (χ0n) is 8.73. The smallest absolute Gasteiger partial charge is 0.250 e. The van der Waals surface area contributed by atoms with Crippen LogP contribution in [0.4, 0.5) is 8.78 Å². The van der Waals surface area contributed by atoms with Gasteiger partial charge in [-0.05, 0) is 25.3 Å². The predicted octanol–water partition coefficient (Wildman–Crippen LogP) is 1.62. The van der Waals surface area contributed by atoms with E-state index in [1.807, 2.05) is 0 Å². The number of hydrogen-bond donors (Lipinski definition) is 2. The molecule has 1 aliphatic rings. The van der Waals surface area contributed by atoms with Crippen LogP contribution >= 0.6 is 0 Å². The largest absolute Gasteiger partial charge is 0.313 e. The van der Waals surface area contributed by atoms with Gasteiger partial charge in [0.05, 0.1) is 6.54 Å². The highest BCUT2D eigenvalue weighted by Gasteiger charge is 2.19. The summed E-state index contributed by atoms with van der Waals surface area (Å²) in [6.07, 6.45) is 1.31. The molecule has 4 heteroatoms. The van der Waals surface area contributed by atoms with E-state index in [1.54, 1.807) is 0 Å². The summed E-state index contributed by atoms with van der Waals surface area (Å²) in [5.41, 5.74) is 0. The van der Waals surface area contributed by atoms with Crippen LogP contribution in [0.15, 0.2) is 0 Å². The Morgan fingerprint density at radius 2 is 2.29 bits per heavy atom. The molecule has 0 radical (unpaired) electrons. The van der Waals surface area contributed by atoms with Crippen molar-refractivity contribution in [3.8, 4) is 0 Å². The average Bonchev–Trinajstić information content (AvgIpc) is 2.18. The van der Waals surface area contributed by atoms with Gasteiger partial charge in [0.2, 0.25) is 0 Å². The third-order valence-corrected chi connectivity index (χ3v) is 2.87. The van der Waals surface area contributed by atoms with E-state index in [0.29, 0.717) is 12.6 Å². The van der Waals surface area contributed by atoms with E-state index in [1.165, 1.54) is 12.8 Å². The van der Waals surface area contributed by atoms with E-state index in [-0.39, 0.29) is 6.54 Å². The maximum absolute atomic E-state index is 11.8. The SMILES string of the molecule is CCC1CCNC(CNCC(F)F)C1. The second-order valence-corrected chi connectivity index (χ2v) is 4.00. The van der Waals surface area contributed by atoms with Crippen molar-refractivity contribution in [2.75, 3.05) is 19.6 Å². The molecule has 1 saturated heterocycles. The first-order valence-electron chi connectivity index (χ1n) is 5.44. The number of nitrogens with one attached hydrogen (secondary N) is 2. The summed E-state index contributed by atoms with van der Waals surface area (Å²) >= 11 is 0. The minimum atomic E-state index is -2.24. The van der Waals surface area contributed by atoms with E-state index in [4.69, 9.17) is 0 Å². The van der Waals surface area contributed by atoms with Crippen molar-refractivity contribution < 1.29 is 8.78 Å². The molecular formula is C10H20F2N2. The normalized spacial score (nSPS) is 28.3. The molecule has 84 valence electrons. The molecule has 1 aliphatic heterocycles. The predicted molar refractivity (Wildman–Crippen MR) is 53.7 cm³/mol. The van der Waals surface area contributed by atoms with Crippen LogP contribution in [0.3, 0.4) is 0 Å². The highest BCUT2D eigenvalue weighted by atomic mass is 19.3. The second kappa shape index (κ2) is 6.30. The molecule has 0 bridgehead atoms. The van der Waals surface area contributed by atoms with Crippen molar-refractivity contribution in [3.63, 3.8) is 0 Å². The number of halogens is 2. The third-order valence-electron chi connectivity index (χ3n) is 2.87. The van der Waals surface area contributed by atoms with Gasteiger partial charge >= 0.3 is 0 Å². The lowest BCUT2D eigenvalue weighted by Crippen LogP contribution is -2.45. The van der Waals surface area contributed by atoms with Crippen molar-refractivity contribution in [1.82, 2.24) is 10.6 Å². The zero-order chi connectivity index (χ0) is 10.4. The number of hydrogen-bond acceptors (Lipinski definition) is 2. The van der Waals surface area contributed by atoms with Gasteiger partial charge in [-0.25, -0.2) is 8.78 Å². The fraction of sp³-hybridized carbons (Fsp3) is 1.00. The molecule has 0 aromatic heterocycles. The molecule has 0 aromatic rings. The van der Waals surface area contributed by atoms with Crippen LogP contribution in [0.25, 0.3) is 0 Å². The zero-order valence-corrected chi connectivity index (χ0v) is 8.73. The van der Waals surface area contributed by atoms with Crippen molar-refractivity contribution in [2.24, 2.45) is 5.92 Å². The van der Waals surface area contributed by atoms with Crippen molar-refractivity contribution >= 4 is 0 Å². The fourth-order valence-corrected chi connectivity index (χ4v) is 1.99. The Bertz CT molecular complexity index is 153. The van der Waals surface area contributed by atoms with E-state index in [2.05, 4.69) is 17.6 Å². The van der Waals surface area contributed by atoms with Crippen LogP contribution < -0.4 is 10.6 Å². The van der Waals surface area contributed by atoms with Crippen LogP contribution in [0, 0.1) is 5.92 Å². The number of alkyl halides is 2. The van der Waals surface area contributed by atoms with E-state index < -0.39 is 6.43 Å². The quantitative estimate of drug-likeness (QED) is 0.714. The Hall–Kier alpha value is -0.220. The summed E-state index contributed by atoms with van der Waals surface area (Å²) < 4.78 is 23.7. The minimum absolute atomic E-state index is 0.186. The van der Waals surface area contributed by atoms with Crippen LogP contribution in [-0.4, -0.2) is 32.1 Å². The lowest BCUT2D eigenvalue weighted by molar-refractivity contribution is 0.143. The van der Waals surface area contributed by atoms with Crippen LogP contribution in [0.2, 0.25) is 0 Å². The fourth-order valence-electron chi connectivity index (χ4n) is 1.99. The molecule has 1 fully saturated rings. The van der Waals surface area contributed by atoms with E-state index in [9.17, 15) is 8.78 Å². The molecule has 2 nitrogen and oxygen atoms in total. The monoisotopic (exact) mass is 206 g/mol. The highest BCUT2D eigenvalue weighted by Crippen LogP contribution is 2.18. The maximum Gasteiger partial charge on any atom is 0.250 e. The summed E-state index contributed by atoms with van der Waals surface area (Å²) in [5, 5.41) is 6.14. The molecule has 1 heterocycles. The van der Waals surface area contributed by atoms with Crippen molar-refractivity contribution in [3.05, 3.63) is 0 Å². The van der Waals surface area contributed by atoms with Gasteiger partial charge in [0.15, 0.2) is 0 Å². The molecule has 0 spiro atoms. The van der Waals surface area contributed by atoms with Gasteiger partial charge in [0.1, 0.15) is 0 Å². The Morgan fingerprint density at radius 1 is 1.50 bits per heavy atom. The Balaban J connectivity index is 2.11. The standard InChI is InChI=1S/C10H20F2N2/c1-2-8-3-4-14-9(5-8)6-13-7-10(11)12/h8-10,13-14H,2-7H2,1H3. The van der Waals surface area contributed by atoms with Gasteiger partial charge in [-0.1, -0.05) is 13.3 Å². The van der Waals surface area contributed by atoms with Gasteiger partial charge < -0.3 is 10.6 Å². The molecule has 0 aromatic carbocycles. The van der Waals surface area contributed by atoms with Gasteiger partial charge in [-0.15, -0.1) is 0 Å². The summed E-state index contributed by atoms with van der Waals surface area (Å²) in [6.45, 7) is 3.70. The van der Waals surface area contributed by atoms with Crippen molar-refractivity contribution in [2.45, 2.75) is 38.7 Å². The molecular weight excluding hydrogens is 186 g/mol. The molecule has 0 amide bonds. The lowest BCUT2D eigenvalue weighted by Gasteiger charge is -2.29.